The molecular formula is C14H18ClNO. The van der Waals surface area contributed by atoms with Crippen LogP contribution >= 0.6 is 11.6 Å². The third-order valence-electron chi connectivity index (χ3n) is 2.30. The second-order valence-corrected chi connectivity index (χ2v) is 4.93. The van der Waals surface area contributed by atoms with Crippen molar-refractivity contribution < 1.29 is 4.79 Å². The van der Waals surface area contributed by atoms with E-state index in [9.17, 15) is 4.79 Å². The van der Waals surface area contributed by atoms with Crippen LogP contribution < -0.4 is 0 Å². The average molecular weight is 252 g/mol. The molecule has 1 aromatic rings. The molecule has 2 nitrogen and oxygen atoms in total. The molecule has 0 atom stereocenters. The van der Waals surface area contributed by atoms with Gasteiger partial charge in [-0.05, 0) is 29.7 Å². The summed E-state index contributed by atoms with van der Waals surface area (Å²) in [5.41, 5.74) is 0.973. The van der Waals surface area contributed by atoms with Gasteiger partial charge >= 0.3 is 0 Å². The minimum atomic E-state index is 0.0219. The molecule has 17 heavy (non-hydrogen) atoms. The zero-order chi connectivity index (χ0) is 12.8. The number of rotatable bonds is 4. The van der Waals surface area contributed by atoms with Crippen LogP contribution in [0.5, 0.6) is 0 Å². The zero-order valence-corrected chi connectivity index (χ0v) is 11.2. The highest BCUT2D eigenvalue weighted by Gasteiger charge is 2.06. The monoisotopic (exact) mass is 251 g/mol. The quantitative estimate of drug-likeness (QED) is 0.751. The van der Waals surface area contributed by atoms with Gasteiger partial charge in [-0.15, -0.1) is 0 Å². The molecule has 1 aromatic carbocycles. The van der Waals surface area contributed by atoms with E-state index in [0.717, 1.165) is 12.1 Å². The van der Waals surface area contributed by atoms with Crippen molar-refractivity contribution in [3.63, 3.8) is 0 Å². The van der Waals surface area contributed by atoms with Crippen LogP contribution in [0.2, 0.25) is 5.02 Å². The van der Waals surface area contributed by atoms with E-state index in [2.05, 4.69) is 13.8 Å². The molecule has 1 rings (SSSR count). The van der Waals surface area contributed by atoms with Gasteiger partial charge in [-0.25, -0.2) is 0 Å². The van der Waals surface area contributed by atoms with Crippen LogP contribution in [0.1, 0.15) is 19.4 Å². The highest BCUT2D eigenvalue weighted by atomic mass is 35.5. The lowest BCUT2D eigenvalue weighted by molar-refractivity contribution is -0.125. The summed E-state index contributed by atoms with van der Waals surface area (Å²) < 4.78 is 0. The van der Waals surface area contributed by atoms with Crippen LogP contribution in [0.4, 0.5) is 0 Å². The maximum atomic E-state index is 11.7. The number of likely N-dealkylation sites (N-methyl/N-ethyl adjacent to an activating group) is 1. The smallest absolute Gasteiger partial charge is 0.246 e. The number of amides is 1. The molecule has 0 saturated carbocycles. The Morgan fingerprint density at radius 2 is 1.94 bits per heavy atom. The van der Waals surface area contributed by atoms with Gasteiger partial charge in [0.25, 0.3) is 0 Å². The van der Waals surface area contributed by atoms with Crippen LogP contribution in [0, 0.1) is 5.92 Å². The van der Waals surface area contributed by atoms with Gasteiger partial charge in [0.05, 0.1) is 0 Å². The molecule has 0 aromatic heterocycles. The summed E-state index contributed by atoms with van der Waals surface area (Å²) in [4.78, 5) is 13.5. The summed E-state index contributed by atoms with van der Waals surface area (Å²) in [6, 6.07) is 7.39. The van der Waals surface area contributed by atoms with Crippen molar-refractivity contribution in [1.82, 2.24) is 4.90 Å². The maximum absolute atomic E-state index is 11.7. The molecule has 0 aliphatic heterocycles. The normalized spacial score (nSPS) is 11.1. The number of hydrogen-bond donors (Lipinski definition) is 0. The molecule has 0 fully saturated rings. The van der Waals surface area contributed by atoms with E-state index in [1.54, 1.807) is 17.1 Å². The standard InChI is InChI=1S/C14H18ClNO/c1-11(2)10-16(3)14(17)9-6-12-4-7-13(15)8-5-12/h4-9,11H,10H2,1-3H3/b9-6+. The first-order chi connectivity index (χ1) is 7.99. The van der Waals surface area contributed by atoms with Crippen molar-refractivity contribution in [1.29, 1.82) is 0 Å². The van der Waals surface area contributed by atoms with Gasteiger partial charge in [0.2, 0.25) is 5.91 Å². The number of nitrogens with zero attached hydrogens (tertiary/aromatic N) is 1. The van der Waals surface area contributed by atoms with Gasteiger partial charge in [-0.1, -0.05) is 37.6 Å². The largest absolute Gasteiger partial charge is 0.342 e. The van der Waals surface area contributed by atoms with Gasteiger partial charge in [0.15, 0.2) is 0 Å². The second kappa shape index (κ2) is 6.45. The molecule has 0 bridgehead atoms. The number of carbonyl (C=O) groups excluding carboxylic acids is 1. The molecule has 92 valence electrons. The fourth-order valence-electron chi connectivity index (χ4n) is 1.51. The van der Waals surface area contributed by atoms with Crippen molar-refractivity contribution >= 4 is 23.6 Å². The van der Waals surface area contributed by atoms with E-state index in [4.69, 9.17) is 11.6 Å². The first-order valence-electron chi connectivity index (χ1n) is 5.68. The average Bonchev–Trinajstić information content (AvgIpc) is 2.27. The molecule has 1 amide bonds. The SMILES string of the molecule is CC(C)CN(C)C(=O)/C=C/c1ccc(Cl)cc1. The van der Waals surface area contributed by atoms with E-state index in [1.807, 2.05) is 31.3 Å². The molecule has 0 radical (unpaired) electrons. The minimum Gasteiger partial charge on any atom is -0.342 e. The van der Waals surface area contributed by atoms with Crippen molar-refractivity contribution in [2.45, 2.75) is 13.8 Å². The molecule has 0 heterocycles. The van der Waals surface area contributed by atoms with Gasteiger partial charge < -0.3 is 4.90 Å². The van der Waals surface area contributed by atoms with Crippen LogP contribution in [0.25, 0.3) is 6.08 Å². The van der Waals surface area contributed by atoms with E-state index in [1.165, 1.54) is 0 Å². The molecule has 0 N–H and O–H groups in total. The molecular weight excluding hydrogens is 234 g/mol. The van der Waals surface area contributed by atoms with Gasteiger partial charge in [-0.3, -0.25) is 4.79 Å². The predicted molar refractivity (Wildman–Crippen MR) is 73.0 cm³/mol. The Balaban J connectivity index is 2.58. The molecule has 0 unspecified atom stereocenters. The number of carbonyl (C=O) groups is 1. The first-order valence-corrected chi connectivity index (χ1v) is 6.05. The van der Waals surface area contributed by atoms with Crippen molar-refractivity contribution in [2.24, 2.45) is 5.92 Å². The van der Waals surface area contributed by atoms with Crippen molar-refractivity contribution in [3.8, 4) is 0 Å². The van der Waals surface area contributed by atoms with Gasteiger partial charge in [0.1, 0.15) is 0 Å². The van der Waals surface area contributed by atoms with Crippen molar-refractivity contribution in [2.75, 3.05) is 13.6 Å². The lowest BCUT2D eigenvalue weighted by atomic mass is 10.2. The second-order valence-electron chi connectivity index (χ2n) is 4.50. The number of benzene rings is 1. The highest BCUT2D eigenvalue weighted by molar-refractivity contribution is 6.30. The Kier molecular flexibility index (Phi) is 5.23. The molecule has 0 spiro atoms. The lowest BCUT2D eigenvalue weighted by Gasteiger charge is -2.17. The molecule has 0 saturated heterocycles. The predicted octanol–water partition coefficient (Wildman–Crippen LogP) is 3.47. The van der Waals surface area contributed by atoms with E-state index < -0.39 is 0 Å². The summed E-state index contributed by atoms with van der Waals surface area (Å²) in [7, 11) is 1.81. The molecule has 0 aliphatic carbocycles. The Hall–Kier alpha value is -1.28. The minimum absolute atomic E-state index is 0.0219. The van der Waals surface area contributed by atoms with Crippen LogP contribution in [0.15, 0.2) is 30.3 Å². The van der Waals surface area contributed by atoms with Crippen molar-refractivity contribution in [3.05, 3.63) is 40.9 Å². The van der Waals surface area contributed by atoms with Crippen LogP contribution in [-0.4, -0.2) is 24.4 Å². The summed E-state index contributed by atoms with van der Waals surface area (Å²) in [6.07, 6.45) is 3.39. The summed E-state index contributed by atoms with van der Waals surface area (Å²) in [6.45, 7) is 4.95. The van der Waals surface area contributed by atoms with E-state index >= 15 is 0 Å². The van der Waals surface area contributed by atoms with Gasteiger partial charge in [-0.2, -0.15) is 0 Å². The third kappa shape index (κ3) is 5.05. The first kappa shape index (κ1) is 13.8. The highest BCUT2D eigenvalue weighted by Crippen LogP contribution is 2.10. The van der Waals surface area contributed by atoms with E-state index in [-0.39, 0.29) is 5.91 Å². The summed E-state index contributed by atoms with van der Waals surface area (Å²) in [5.74, 6) is 0.501. The number of halogens is 1. The summed E-state index contributed by atoms with van der Waals surface area (Å²) >= 11 is 5.78. The molecule has 3 heteroatoms. The van der Waals surface area contributed by atoms with E-state index in [0.29, 0.717) is 10.9 Å². The fraction of sp³-hybridized carbons (Fsp3) is 0.357. The Bertz CT molecular complexity index is 395. The number of hydrogen-bond acceptors (Lipinski definition) is 1. The Morgan fingerprint density at radius 3 is 2.47 bits per heavy atom. The fourth-order valence-corrected chi connectivity index (χ4v) is 1.63. The lowest BCUT2D eigenvalue weighted by Crippen LogP contribution is -2.28. The van der Waals surface area contributed by atoms with Crippen LogP contribution in [0.3, 0.4) is 0 Å². The maximum Gasteiger partial charge on any atom is 0.246 e. The topological polar surface area (TPSA) is 20.3 Å². The zero-order valence-electron chi connectivity index (χ0n) is 10.5. The van der Waals surface area contributed by atoms with Gasteiger partial charge in [0, 0.05) is 24.7 Å². The Morgan fingerprint density at radius 1 is 1.35 bits per heavy atom. The van der Waals surface area contributed by atoms with Crippen LogP contribution in [-0.2, 0) is 4.79 Å². The third-order valence-corrected chi connectivity index (χ3v) is 2.56. The summed E-state index contributed by atoms with van der Waals surface area (Å²) in [5, 5.41) is 0.699. The molecule has 0 aliphatic rings. The Labute approximate surface area is 108 Å².